The summed E-state index contributed by atoms with van der Waals surface area (Å²) in [7, 11) is 3.37. The number of methoxy groups -OCH3 is 2. The molecular formula is C31H36N2O4. The predicted octanol–water partition coefficient (Wildman–Crippen LogP) is 7.30. The first-order valence-corrected chi connectivity index (χ1v) is 13.3. The minimum atomic E-state index is -0.329. The second-order valence-electron chi connectivity index (χ2n) is 9.58. The zero-order chi connectivity index (χ0) is 25.6. The average Bonchev–Trinajstić information content (AvgIpc) is 3.40. The van der Waals surface area contributed by atoms with Crippen molar-refractivity contribution >= 4 is 5.71 Å². The van der Waals surface area contributed by atoms with Crippen molar-refractivity contribution in [3.8, 4) is 23.0 Å². The molecule has 37 heavy (non-hydrogen) atoms. The molecule has 0 saturated heterocycles. The number of unbranched alkanes of at least 4 members (excludes halogenated alkanes) is 4. The van der Waals surface area contributed by atoms with E-state index in [1.807, 2.05) is 36.4 Å². The Kier molecular flexibility index (Phi) is 7.83. The molecule has 6 nitrogen and oxygen atoms in total. The summed E-state index contributed by atoms with van der Waals surface area (Å²) in [6.45, 7) is 2.99. The Morgan fingerprint density at radius 3 is 2.27 bits per heavy atom. The predicted molar refractivity (Wildman–Crippen MR) is 146 cm³/mol. The molecule has 0 N–H and O–H groups in total. The molecule has 0 spiro atoms. The van der Waals surface area contributed by atoms with Gasteiger partial charge in [0.2, 0.25) is 6.23 Å². The van der Waals surface area contributed by atoms with Crippen molar-refractivity contribution in [2.24, 2.45) is 5.10 Å². The largest absolute Gasteiger partial charge is 0.497 e. The maximum Gasteiger partial charge on any atom is 0.213 e. The van der Waals surface area contributed by atoms with Crippen LogP contribution in [0.5, 0.6) is 23.0 Å². The molecule has 0 unspecified atom stereocenters. The Balaban J connectivity index is 1.37. The number of hydrazone groups is 1. The van der Waals surface area contributed by atoms with Crippen LogP contribution in [0.15, 0.2) is 71.8 Å². The van der Waals surface area contributed by atoms with Gasteiger partial charge in [-0.25, -0.2) is 5.01 Å². The summed E-state index contributed by atoms with van der Waals surface area (Å²) in [5, 5.41) is 7.16. The van der Waals surface area contributed by atoms with Gasteiger partial charge in [-0.3, -0.25) is 0 Å². The Morgan fingerprint density at radius 2 is 1.54 bits per heavy atom. The number of rotatable bonds is 11. The van der Waals surface area contributed by atoms with Gasteiger partial charge in [-0.2, -0.15) is 5.10 Å². The van der Waals surface area contributed by atoms with E-state index < -0.39 is 0 Å². The first kappa shape index (κ1) is 25.0. The van der Waals surface area contributed by atoms with Gasteiger partial charge in [-0.05, 0) is 78.7 Å². The highest BCUT2D eigenvalue weighted by Crippen LogP contribution is 2.48. The fourth-order valence-electron chi connectivity index (χ4n) is 4.99. The lowest BCUT2D eigenvalue weighted by atomic mass is 9.95. The molecule has 0 radical (unpaired) electrons. The van der Waals surface area contributed by atoms with E-state index in [0.717, 1.165) is 64.8 Å². The first-order valence-electron chi connectivity index (χ1n) is 13.3. The van der Waals surface area contributed by atoms with Gasteiger partial charge in [-0.15, -0.1) is 0 Å². The Hall–Kier alpha value is -3.67. The second kappa shape index (κ2) is 11.6. The fraction of sp³-hybridized carbons (Fsp3) is 0.387. The zero-order valence-corrected chi connectivity index (χ0v) is 22.0. The second-order valence-corrected chi connectivity index (χ2v) is 9.58. The highest BCUT2D eigenvalue weighted by Gasteiger charge is 2.41. The average molecular weight is 501 g/mol. The fourth-order valence-corrected chi connectivity index (χ4v) is 4.99. The third kappa shape index (κ3) is 5.53. The van der Waals surface area contributed by atoms with Crippen LogP contribution in [0.25, 0.3) is 0 Å². The van der Waals surface area contributed by atoms with E-state index in [4.69, 9.17) is 24.0 Å². The normalized spacial score (nSPS) is 17.9. The van der Waals surface area contributed by atoms with E-state index in [2.05, 4.69) is 42.3 Å². The minimum absolute atomic E-state index is 0.0556. The molecule has 0 saturated carbocycles. The summed E-state index contributed by atoms with van der Waals surface area (Å²) in [5.74, 6) is 3.40. The summed E-state index contributed by atoms with van der Waals surface area (Å²) in [6.07, 6.45) is 6.60. The molecule has 6 heteroatoms. The molecule has 3 aromatic carbocycles. The van der Waals surface area contributed by atoms with Crippen molar-refractivity contribution in [1.82, 2.24) is 5.01 Å². The number of ether oxygens (including phenoxy) is 4. The molecule has 2 aliphatic rings. The van der Waals surface area contributed by atoms with Gasteiger partial charge >= 0.3 is 0 Å². The lowest BCUT2D eigenvalue weighted by molar-refractivity contribution is -0.0191. The van der Waals surface area contributed by atoms with Crippen LogP contribution in [0.1, 0.15) is 74.4 Å². The van der Waals surface area contributed by atoms with Gasteiger partial charge < -0.3 is 18.9 Å². The zero-order valence-electron chi connectivity index (χ0n) is 22.0. The van der Waals surface area contributed by atoms with Crippen LogP contribution in [0.2, 0.25) is 0 Å². The van der Waals surface area contributed by atoms with Crippen molar-refractivity contribution in [3.05, 3.63) is 83.4 Å². The Labute approximate surface area is 219 Å². The quantitative estimate of drug-likeness (QED) is 0.259. The highest BCUT2D eigenvalue weighted by atomic mass is 16.5. The van der Waals surface area contributed by atoms with Crippen LogP contribution in [0.4, 0.5) is 0 Å². The van der Waals surface area contributed by atoms with Crippen LogP contribution in [-0.2, 0) is 0 Å². The number of fused-ring (bicyclic) bond motifs is 3. The molecule has 0 bridgehead atoms. The van der Waals surface area contributed by atoms with Crippen molar-refractivity contribution in [2.45, 2.75) is 57.7 Å². The molecule has 2 aliphatic heterocycles. The van der Waals surface area contributed by atoms with E-state index in [1.54, 1.807) is 14.2 Å². The first-order chi connectivity index (χ1) is 18.2. The summed E-state index contributed by atoms with van der Waals surface area (Å²) < 4.78 is 23.4. The number of nitrogens with zero attached hydrogens (tertiary/aromatic N) is 2. The minimum Gasteiger partial charge on any atom is -0.497 e. The molecule has 0 aromatic heterocycles. The SMILES string of the molecule is CCCCCCCOc1ccc([C@H]2Oc3ccc(OC)cc3[C@H]3CC(c4ccc(OC)cc4)=NN32)cc1. The number of benzene rings is 3. The molecule has 2 heterocycles. The maximum absolute atomic E-state index is 6.53. The lowest BCUT2D eigenvalue weighted by Crippen LogP contribution is -2.33. The van der Waals surface area contributed by atoms with Crippen molar-refractivity contribution in [3.63, 3.8) is 0 Å². The maximum atomic E-state index is 6.53. The molecule has 3 aromatic rings. The third-order valence-electron chi connectivity index (χ3n) is 7.10. The van der Waals surface area contributed by atoms with Crippen molar-refractivity contribution in [2.75, 3.05) is 20.8 Å². The summed E-state index contributed by atoms with van der Waals surface area (Å²) >= 11 is 0. The van der Waals surface area contributed by atoms with E-state index in [0.29, 0.717) is 0 Å². The molecule has 0 fully saturated rings. The third-order valence-corrected chi connectivity index (χ3v) is 7.10. The molecular weight excluding hydrogens is 464 g/mol. The van der Waals surface area contributed by atoms with E-state index >= 15 is 0 Å². The molecule has 0 aliphatic carbocycles. The van der Waals surface area contributed by atoms with Crippen LogP contribution >= 0.6 is 0 Å². The van der Waals surface area contributed by atoms with Crippen LogP contribution in [0, 0.1) is 0 Å². The van der Waals surface area contributed by atoms with Crippen LogP contribution in [0.3, 0.4) is 0 Å². The van der Waals surface area contributed by atoms with Gasteiger partial charge in [0, 0.05) is 17.5 Å². The van der Waals surface area contributed by atoms with Crippen LogP contribution in [-0.4, -0.2) is 31.5 Å². The number of hydrogen-bond acceptors (Lipinski definition) is 6. The topological polar surface area (TPSA) is 52.5 Å². The van der Waals surface area contributed by atoms with Crippen molar-refractivity contribution in [1.29, 1.82) is 0 Å². The highest BCUT2D eigenvalue weighted by molar-refractivity contribution is 6.02. The van der Waals surface area contributed by atoms with Gasteiger partial charge in [-0.1, -0.05) is 32.6 Å². The summed E-state index contributed by atoms with van der Waals surface area (Å²) in [4.78, 5) is 0. The standard InChI is InChI=1S/C31H36N2O4/c1-4-5-6-7-8-19-36-25-15-11-23(12-16-25)31-33-29(27-20-26(35-3)17-18-30(27)37-31)21-28(32-33)22-9-13-24(34-2)14-10-22/h9-18,20,29,31H,4-8,19,21H2,1-3H3/t29-,31-/m1/s1. The lowest BCUT2D eigenvalue weighted by Gasteiger charge is -2.38. The van der Waals surface area contributed by atoms with Gasteiger partial charge in [0.25, 0.3) is 0 Å². The Morgan fingerprint density at radius 1 is 0.838 bits per heavy atom. The van der Waals surface area contributed by atoms with Crippen LogP contribution < -0.4 is 18.9 Å². The van der Waals surface area contributed by atoms with E-state index in [9.17, 15) is 0 Å². The summed E-state index contributed by atoms with van der Waals surface area (Å²) in [5.41, 5.74) is 4.24. The molecule has 0 amide bonds. The number of hydrogen-bond donors (Lipinski definition) is 0. The van der Waals surface area contributed by atoms with Gasteiger partial charge in [0.1, 0.15) is 23.0 Å². The molecule has 2 atom stereocenters. The summed E-state index contributed by atoms with van der Waals surface area (Å²) in [6, 6.07) is 22.4. The van der Waals surface area contributed by atoms with E-state index in [-0.39, 0.29) is 12.3 Å². The van der Waals surface area contributed by atoms with Crippen molar-refractivity contribution < 1.29 is 18.9 Å². The van der Waals surface area contributed by atoms with Gasteiger partial charge in [0.05, 0.1) is 32.6 Å². The Bertz CT molecular complexity index is 1210. The van der Waals surface area contributed by atoms with E-state index in [1.165, 1.54) is 25.7 Å². The molecule has 194 valence electrons. The molecule has 5 rings (SSSR count). The monoisotopic (exact) mass is 500 g/mol. The van der Waals surface area contributed by atoms with Gasteiger partial charge in [0.15, 0.2) is 0 Å². The smallest absolute Gasteiger partial charge is 0.213 e.